The van der Waals surface area contributed by atoms with Gasteiger partial charge in [0, 0.05) is 13.1 Å². The molecule has 4 heteroatoms. The normalized spacial score (nSPS) is 23.0. The largest absolute Gasteiger partial charge is 0.393 e. The maximum absolute atomic E-state index is 9.76. The molecule has 1 aromatic heterocycles. The van der Waals surface area contributed by atoms with Gasteiger partial charge in [-0.2, -0.15) is 0 Å². The van der Waals surface area contributed by atoms with Gasteiger partial charge in [0.1, 0.15) is 0 Å². The molecule has 0 amide bonds. The predicted octanol–water partition coefficient (Wildman–Crippen LogP) is 1.88. The van der Waals surface area contributed by atoms with Gasteiger partial charge in [0.2, 0.25) is 0 Å². The van der Waals surface area contributed by atoms with Crippen molar-refractivity contribution >= 4 is 11.0 Å². The number of hydrogen-bond donors (Lipinski definition) is 2. The van der Waals surface area contributed by atoms with E-state index >= 15 is 0 Å². The van der Waals surface area contributed by atoms with Gasteiger partial charge in [0.15, 0.2) is 0 Å². The number of nitrogens with one attached hydrogen (secondary N) is 1. The van der Waals surface area contributed by atoms with Gasteiger partial charge in [-0.05, 0) is 30.9 Å². The first kappa shape index (κ1) is 12.5. The quantitative estimate of drug-likeness (QED) is 0.878. The number of para-hydroxylation sites is 2. The minimum atomic E-state index is -0.129. The van der Waals surface area contributed by atoms with Gasteiger partial charge < -0.3 is 10.4 Å². The lowest BCUT2D eigenvalue weighted by Gasteiger charge is -2.14. The Morgan fingerprint density at radius 2 is 2.05 bits per heavy atom. The summed E-state index contributed by atoms with van der Waals surface area (Å²) in [4.78, 5) is 8.97. The van der Waals surface area contributed by atoms with Crippen LogP contribution in [0.1, 0.15) is 25.0 Å². The molecule has 1 fully saturated rings. The summed E-state index contributed by atoms with van der Waals surface area (Å²) in [6.45, 7) is 1.57. The van der Waals surface area contributed by atoms with Gasteiger partial charge in [0.25, 0.3) is 0 Å². The lowest BCUT2D eigenvalue weighted by molar-refractivity contribution is 0.131. The van der Waals surface area contributed by atoms with Crippen molar-refractivity contribution in [1.29, 1.82) is 0 Å². The number of fused-ring (bicyclic) bond motifs is 1. The lowest BCUT2D eigenvalue weighted by Crippen LogP contribution is -2.27. The molecule has 2 unspecified atom stereocenters. The zero-order valence-electron chi connectivity index (χ0n) is 10.9. The third kappa shape index (κ3) is 2.91. The van der Waals surface area contributed by atoms with Gasteiger partial charge in [-0.15, -0.1) is 0 Å². The fraction of sp³-hybridized carbons (Fsp3) is 0.467. The molecule has 0 bridgehead atoms. The lowest BCUT2D eigenvalue weighted by atomic mass is 10.1. The van der Waals surface area contributed by atoms with Crippen LogP contribution in [0.15, 0.2) is 30.5 Å². The summed E-state index contributed by atoms with van der Waals surface area (Å²) in [7, 11) is 0. The highest BCUT2D eigenvalue weighted by Gasteiger charge is 2.24. The van der Waals surface area contributed by atoms with Crippen LogP contribution in [0.2, 0.25) is 0 Å². The predicted molar refractivity (Wildman–Crippen MR) is 74.6 cm³/mol. The first-order chi connectivity index (χ1) is 9.33. The summed E-state index contributed by atoms with van der Waals surface area (Å²) < 4.78 is 0. The molecular weight excluding hydrogens is 238 g/mol. The second-order valence-electron chi connectivity index (χ2n) is 5.24. The third-order valence-corrected chi connectivity index (χ3v) is 3.83. The molecule has 2 atom stereocenters. The molecule has 0 spiro atoms. The summed E-state index contributed by atoms with van der Waals surface area (Å²) in [5, 5.41) is 13.1. The smallest absolute Gasteiger partial charge is 0.0890 e. The van der Waals surface area contributed by atoms with Gasteiger partial charge in [0.05, 0.1) is 29.0 Å². The van der Waals surface area contributed by atoms with Crippen molar-refractivity contribution in [2.45, 2.75) is 31.9 Å². The maximum atomic E-state index is 9.76. The number of rotatable bonds is 4. The highest BCUT2D eigenvalue weighted by atomic mass is 16.3. The Balaban J connectivity index is 1.59. The number of aliphatic hydroxyl groups is 1. The van der Waals surface area contributed by atoms with Crippen LogP contribution in [0.3, 0.4) is 0 Å². The molecule has 1 saturated carbocycles. The van der Waals surface area contributed by atoms with E-state index < -0.39 is 0 Å². The van der Waals surface area contributed by atoms with E-state index in [2.05, 4.69) is 15.3 Å². The highest BCUT2D eigenvalue weighted by Crippen LogP contribution is 2.24. The first-order valence-corrected chi connectivity index (χ1v) is 6.92. The van der Waals surface area contributed by atoms with Gasteiger partial charge >= 0.3 is 0 Å². The van der Waals surface area contributed by atoms with Crippen LogP contribution >= 0.6 is 0 Å². The molecule has 1 aliphatic carbocycles. The van der Waals surface area contributed by atoms with Crippen LogP contribution in [0.25, 0.3) is 11.0 Å². The number of aromatic nitrogens is 2. The minimum Gasteiger partial charge on any atom is -0.393 e. The monoisotopic (exact) mass is 257 g/mol. The zero-order chi connectivity index (χ0) is 13.1. The minimum absolute atomic E-state index is 0.129. The summed E-state index contributed by atoms with van der Waals surface area (Å²) in [5.41, 5.74) is 2.81. The molecule has 2 aromatic rings. The maximum Gasteiger partial charge on any atom is 0.0890 e. The number of aliphatic hydroxyl groups excluding tert-OH is 1. The second kappa shape index (κ2) is 5.63. The van der Waals surface area contributed by atoms with Crippen molar-refractivity contribution in [3.8, 4) is 0 Å². The molecule has 4 nitrogen and oxygen atoms in total. The fourth-order valence-corrected chi connectivity index (χ4v) is 2.72. The van der Waals surface area contributed by atoms with E-state index in [1.165, 1.54) is 0 Å². The van der Waals surface area contributed by atoms with Crippen molar-refractivity contribution < 1.29 is 5.11 Å². The summed E-state index contributed by atoms with van der Waals surface area (Å²) in [6.07, 6.45) is 4.90. The molecule has 1 heterocycles. The van der Waals surface area contributed by atoms with E-state index in [-0.39, 0.29) is 6.10 Å². The van der Waals surface area contributed by atoms with Crippen molar-refractivity contribution in [3.05, 3.63) is 36.2 Å². The summed E-state index contributed by atoms with van der Waals surface area (Å²) in [5.74, 6) is 0.397. The van der Waals surface area contributed by atoms with Crippen molar-refractivity contribution in [2.75, 3.05) is 6.54 Å². The number of nitrogens with zero attached hydrogens (tertiary/aromatic N) is 2. The molecule has 1 aliphatic rings. The second-order valence-corrected chi connectivity index (χ2v) is 5.24. The molecule has 0 aliphatic heterocycles. The van der Waals surface area contributed by atoms with E-state index in [9.17, 15) is 5.11 Å². The molecule has 0 saturated heterocycles. The van der Waals surface area contributed by atoms with Crippen molar-refractivity contribution in [2.24, 2.45) is 5.92 Å². The Hall–Kier alpha value is -1.52. The highest BCUT2D eigenvalue weighted by molar-refractivity contribution is 5.73. The van der Waals surface area contributed by atoms with Gasteiger partial charge in [-0.3, -0.25) is 4.98 Å². The number of benzene rings is 1. The Morgan fingerprint density at radius 3 is 2.84 bits per heavy atom. The van der Waals surface area contributed by atoms with E-state index in [4.69, 9.17) is 0 Å². The van der Waals surface area contributed by atoms with Crippen LogP contribution in [-0.2, 0) is 6.54 Å². The van der Waals surface area contributed by atoms with Gasteiger partial charge in [-0.1, -0.05) is 18.6 Å². The van der Waals surface area contributed by atoms with Crippen LogP contribution < -0.4 is 5.32 Å². The molecule has 100 valence electrons. The van der Waals surface area contributed by atoms with Crippen LogP contribution in [0, 0.1) is 5.92 Å². The average Bonchev–Trinajstić information content (AvgIpc) is 2.84. The topological polar surface area (TPSA) is 58.0 Å². The zero-order valence-corrected chi connectivity index (χ0v) is 10.9. The Labute approximate surface area is 112 Å². The molecular formula is C15H19N3O. The van der Waals surface area contributed by atoms with E-state index in [0.717, 1.165) is 42.5 Å². The van der Waals surface area contributed by atoms with Crippen molar-refractivity contribution in [1.82, 2.24) is 15.3 Å². The Morgan fingerprint density at radius 1 is 1.21 bits per heavy atom. The van der Waals surface area contributed by atoms with Crippen LogP contribution in [0.4, 0.5) is 0 Å². The molecule has 2 N–H and O–H groups in total. The van der Waals surface area contributed by atoms with Crippen molar-refractivity contribution in [3.63, 3.8) is 0 Å². The first-order valence-electron chi connectivity index (χ1n) is 6.92. The Bertz CT molecular complexity index is 558. The average molecular weight is 257 g/mol. The molecule has 1 aromatic carbocycles. The van der Waals surface area contributed by atoms with E-state index in [1.54, 1.807) is 0 Å². The van der Waals surface area contributed by atoms with E-state index in [0.29, 0.717) is 12.5 Å². The molecule has 0 radical (unpaired) electrons. The molecule has 19 heavy (non-hydrogen) atoms. The van der Waals surface area contributed by atoms with Crippen LogP contribution in [0.5, 0.6) is 0 Å². The fourth-order valence-electron chi connectivity index (χ4n) is 2.72. The summed E-state index contributed by atoms with van der Waals surface area (Å²) >= 11 is 0. The van der Waals surface area contributed by atoms with Crippen LogP contribution in [-0.4, -0.2) is 27.7 Å². The SMILES string of the molecule is OC1CCCC1CNCc1cnc2ccccc2n1. The van der Waals surface area contributed by atoms with E-state index in [1.807, 2.05) is 30.5 Å². The Kier molecular flexibility index (Phi) is 3.71. The summed E-state index contributed by atoms with van der Waals surface area (Å²) in [6, 6.07) is 7.89. The molecule has 3 rings (SSSR count). The van der Waals surface area contributed by atoms with Gasteiger partial charge in [-0.25, -0.2) is 4.98 Å². The standard InChI is InChI=1S/C15H19N3O/c19-15-7-3-4-11(15)8-16-9-12-10-17-13-5-1-2-6-14(13)18-12/h1-2,5-6,10-11,15-16,19H,3-4,7-9H2. The third-order valence-electron chi connectivity index (χ3n) is 3.83. The number of hydrogen-bond acceptors (Lipinski definition) is 4.